The van der Waals surface area contributed by atoms with Crippen LogP contribution in [0.4, 0.5) is 0 Å². The minimum atomic E-state index is 0.350. The van der Waals surface area contributed by atoms with E-state index in [-0.39, 0.29) is 0 Å². The Labute approximate surface area is 96.2 Å². The van der Waals surface area contributed by atoms with Crippen LogP contribution in [0, 0.1) is 5.41 Å². The number of rotatable bonds is 5. The highest BCUT2D eigenvalue weighted by Crippen LogP contribution is 2.46. The number of hydrogen-bond acceptors (Lipinski definition) is 3. The van der Waals surface area contributed by atoms with Crippen molar-refractivity contribution in [3.05, 3.63) is 12.4 Å². The lowest BCUT2D eigenvalue weighted by Gasteiger charge is -2.11. The fourth-order valence-corrected chi connectivity index (χ4v) is 1.85. The van der Waals surface area contributed by atoms with Crippen molar-refractivity contribution in [2.45, 2.75) is 32.7 Å². The van der Waals surface area contributed by atoms with E-state index in [0.29, 0.717) is 11.5 Å². The normalized spacial score (nSPS) is 18.1. The molecule has 1 aromatic heterocycles. The number of thiol groups is 1. The molecule has 4 heteroatoms. The van der Waals surface area contributed by atoms with Crippen LogP contribution < -0.4 is 4.74 Å². The van der Waals surface area contributed by atoms with Crippen LogP contribution in [-0.4, -0.2) is 22.1 Å². The summed E-state index contributed by atoms with van der Waals surface area (Å²) >= 11 is 4.35. The molecule has 1 aliphatic carbocycles. The van der Waals surface area contributed by atoms with E-state index in [2.05, 4.69) is 31.6 Å². The zero-order valence-electron chi connectivity index (χ0n) is 9.31. The smallest absolute Gasteiger partial charge is 0.157 e. The summed E-state index contributed by atoms with van der Waals surface area (Å²) in [6, 6.07) is 0.391. The molecule has 0 bridgehead atoms. The molecule has 0 spiro atoms. The average Bonchev–Trinajstić information content (AvgIpc) is 2.85. The third-order valence-electron chi connectivity index (χ3n) is 2.94. The van der Waals surface area contributed by atoms with Gasteiger partial charge in [0.1, 0.15) is 0 Å². The largest absolute Gasteiger partial charge is 0.490 e. The highest BCUT2D eigenvalue weighted by atomic mass is 32.1. The molecule has 0 atom stereocenters. The van der Waals surface area contributed by atoms with E-state index < -0.39 is 0 Å². The first-order valence-corrected chi connectivity index (χ1v) is 6.06. The predicted molar refractivity (Wildman–Crippen MR) is 63.6 cm³/mol. The molecule has 0 aromatic carbocycles. The van der Waals surface area contributed by atoms with E-state index in [1.165, 1.54) is 12.8 Å². The highest BCUT2D eigenvalue weighted by molar-refractivity contribution is 7.80. The number of ether oxygens (including phenoxy) is 1. The molecule has 0 aliphatic heterocycles. The summed E-state index contributed by atoms with van der Waals surface area (Å²) < 4.78 is 7.64. The van der Waals surface area contributed by atoms with Gasteiger partial charge in [0.05, 0.1) is 19.0 Å². The van der Waals surface area contributed by atoms with E-state index >= 15 is 0 Å². The number of hydrogen-bond donors (Lipinski definition) is 1. The predicted octanol–water partition coefficient (Wildman–Crippen LogP) is 2.55. The molecule has 0 amide bonds. The maximum Gasteiger partial charge on any atom is 0.157 e. The van der Waals surface area contributed by atoms with Gasteiger partial charge in [0.15, 0.2) is 5.75 Å². The van der Waals surface area contributed by atoms with Crippen molar-refractivity contribution in [2.75, 3.05) is 12.4 Å². The topological polar surface area (TPSA) is 27.1 Å². The van der Waals surface area contributed by atoms with E-state index in [1.807, 2.05) is 10.9 Å². The third kappa shape index (κ3) is 2.48. The molecule has 1 fully saturated rings. The van der Waals surface area contributed by atoms with Gasteiger partial charge in [0, 0.05) is 11.5 Å². The van der Waals surface area contributed by atoms with Crippen molar-refractivity contribution < 1.29 is 4.74 Å². The van der Waals surface area contributed by atoms with Crippen molar-refractivity contribution in [1.29, 1.82) is 0 Å². The lowest BCUT2D eigenvalue weighted by atomic mass is 10.2. The number of nitrogens with zero attached hydrogens (tertiary/aromatic N) is 2. The maximum atomic E-state index is 5.72. The van der Waals surface area contributed by atoms with Gasteiger partial charge in [-0.3, -0.25) is 4.68 Å². The van der Waals surface area contributed by atoms with E-state index in [1.54, 1.807) is 6.20 Å². The van der Waals surface area contributed by atoms with Gasteiger partial charge in [0.2, 0.25) is 0 Å². The zero-order valence-corrected chi connectivity index (χ0v) is 10.2. The highest BCUT2D eigenvalue weighted by Gasteiger charge is 2.42. The molecule has 0 radical (unpaired) electrons. The molecule has 1 heterocycles. The second-order valence-corrected chi connectivity index (χ2v) is 5.01. The zero-order chi connectivity index (χ0) is 10.9. The van der Waals surface area contributed by atoms with Gasteiger partial charge < -0.3 is 4.74 Å². The van der Waals surface area contributed by atoms with Crippen LogP contribution in [0.3, 0.4) is 0 Å². The quantitative estimate of drug-likeness (QED) is 0.781. The fraction of sp³-hybridized carbons (Fsp3) is 0.727. The van der Waals surface area contributed by atoms with E-state index in [0.717, 1.165) is 18.1 Å². The van der Waals surface area contributed by atoms with Crippen LogP contribution in [0.15, 0.2) is 12.4 Å². The van der Waals surface area contributed by atoms with Crippen molar-refractivity contribution >= 4 is 12.6 Å². The standard InChI is InChI=1S/C11H18N2OS/c1-9(2)13-6-10(5-12-13)14-7-11(8-15)3-4-11/h5-6,9,15H,3-4,7-8H2,1-2H3. The van der Waals surface area contributed by atoms with Crippen LogP contribution in [-0.2, 0) is 0 Å². The molecule has 84 valence electrons. The van der Waals surface area contributed by atoms with Crippen LogP contribution in [0.2, 0.25) is 0 Å². The maximum absolute atomic E-state index is 5.72. The Kier molecular flexibility index (Phi) is 2.96. The molecule has 0 N–H and O–H groups in total. The first kappa shape index (κ1) is 10.9. The van der Waals surface area contributed by atoms with Gasteiger partial charge >= 0.3 is 0 Å². The van der Waals surface area contributed by atoms with Gasteiger partial charge in [-0.15, -0.1) is 0 Å². The monoisotopic (exact) mass is 226 g/mol. The molecular formula is C11H18N2OS. The van der Waals surface area contributed by atoms with E-state index in [4.69, 9.17) is 4.74 Å². The number of aromatic nitrogens is 2. The SMILES string of the molecule is CC(C)n1cc(OCC2(CS)CC2)cn1. The molecule has 0 saturated heterocycles. The molecule has 1 aromatic rings. The second kappa shape index (κ2) is 4.08. The van der Waals surface area contributed by atoms with Gasteiger partial charge in [0.25, 0.3) is 0 Å². The molecule has 1 aliphatic rings. The summed E-state index contributed by atoms with van der Waals surface area (Å²) in [5, 5.41) is 4.24. The Morgan fingerprint density at radius 3 is 2.80 bits per heavy atom. The van der Waals surface area contributed by atoms with Crippen molar-refractivity contribution in [1.82, 2.24) is 9.78 Å². The Morgan fingerprint density at radius 1 is 1.60 bits per heavy atom. The minimum Gasteiger partial charge on any atom is -0.490 e. The fourth-order valence-electron chi connectivity index (χ4n) is 1.44. The lowest BCUT2D eigenvalue weighted by Crippen LogP contribution is -2.14. The summed E-state index contributed by atoms with van der Waals surface area (Å²) in [5.41, 5.74) is 0.350. The van der Waals surface area contributed by atoms with Crippen LogP contribution in [0.25, 0.3) is 0 Å². The Hall–Kier alpha value is -0.640. The Balaban J connectivity index is 1.88. The van der Waals surface area contributed by atoms with Gasteiger partial charge in [-0.2, -0.15) is 17.7 Å². The minimum absolute atomic E-state index is 0.350. The summed E-state index contributed by atoms with van der Waals surface area (Å²) in [5.74, 6) is 1.79. The Bertz CT molecular complexity index is 331. The summed E-state index contributed by atoms with van der Waals surface area (Å²) in [4.78, 5) is 0. The molecule has 0 unspecified atom stereocenters. The van der Waals surface area contributed by atoms with Crippen molar-refractivity contribution in [3.63, 3.8) is 0 Å². The Morgan fingerprint density at radius 2 is 2.33 bits per heavy atom. The molecule has 2 rings (SSSR count). The van der Waals surface area contributed by atoms with Crippen LogP contribution >= 0.6 is 12.6 Å². The van der Waals surface area contributed by atoms with Gasteiger partial charge in [-0.1, -0.05) is 0 Å². The summed E-state index contributed by atoms with van der Waals surface area (Å²) in [6.07, 6.45) is 6.23. The van der Waals surface area contributed by atoms with Gasteiger partial charge in [-0.25, -0.2) is 0 Å². The van der Waals surface area contributed by atoms with Crippen LogP contribution in [0.1, 0.15) is 32.7 Å². The average molecular weight is 226 g/mol. The molecule has 15 heavy (non-hydrogen) atoms. The van der Waals surface area contributed by atoms with Crippen molar-refractivity contribution in [2.24, 2.45) is 5.41 Å². The van der Waals surface area contributed by atoms with E-state index in [9.17, 15) is 0 Å². The second-order valence-electron chi connectivity index (χ2n) is 4.70. The summed E-state index contributed by atoms with van der Waals surface area (Å²) in [6.45, 7) is 4.99. The van der Waals surface area contributed by atoms with Crippen LogP contribution in [0.5, 0.6) is 5.75 Å². The first-order valence-electron chi connectivity index (χ1n) is 5.43. The lowest BCUT2D eigenvalue weighted by molar-refractivity contribution is 0.250. The third-order valence-corrected chi connectivity index (χ3v) is 3.62. The van der Waals surface area contributed by atoms with Crippen molar-refractivity contribution in [3.8, 4) is 5.75 Å². The molecule has 3 nitrogen and oxygen atoms in total. The summed E-state index contributed by atoms with van der Waals surface area (Å²) in [7, 11) is 0. The molecule has 1 saturated carbocycles. The molecular weight excluding hydrogens is 208 g/mol. The first-order chi connectivity index (χ1) is 7.15. The van der Waals surface area contributed by atoms with Gasteiger partial charge in [-0.05, 0) is 32.4 Å².